The fourth-order valence-corrected chi connectivity index (χ4v) is 3.54. The van der Waals surface area contributed by atoms with E-state index in [4.69, 9.17) is 5.73 Å². The zero-order valence-corrected chi connectivity index (χ0v) is 14.8. The number of carbonyl (C=O) groups is 1. The summed E-state index contributed by atoms with van der Waals surface area (Å²) in [4.78, 5) is 17.9. The molecule has 1 aliphatic rings. The van der Waals surface area contributed by atoms with Gasteiger partial charge in [-0.15, -0.1) is 12.4 Å². The third-order valence-electron chi connectivity index (χ3n) is 4.87. The number of rotatable bonds is 3. The lowest BCUT2D eigenvalue weighted by Crippen LogP contribution is -2.46. The number of aromatic nitrogens is 1. The first kappa shape index (κ1) is 17.5. The van der Waals surface area contributed by atoms with Gasteiger partial charge in [-0.3, -0.25) is 4.79 Å². The summed E-state index contributed by atoms with van der Waals surface area (Å²) in [6.07, 6.45) is 3.42. The number of nitrogens with one attached hydrogen (secondary N) is 1. The average Bonchev–Trinajstić information content (AvgIpc) is 3.03. The van der Waals surface area contributed by atoms with Crippen molar-refractivity contribution in [2.75, 3.05) is 6.54 Å². The Morgan fingerprint density at radius 2 is 1.84 bits per heavy atom. The van der Waals surface area contributed by atoms with E-state index in [-0.39, 0.29) is 18.3 Å². The van der Waals surface area contributed by atoms with Gasteiger partial charge in [0.1, 0.15) is 0 Å². The molecule has 0 bridgehead atoms. The largest absolute Gasteiger partial charge is 0.361 e. The van der Waals surface area contributed by atoms with Gasteiger partial charge in [0.15, 0.2) is 0 Å². The second kappa shape index (κ2) is 7.30. The fraction of sp³-hybridized carbons (Fsp3) is 0.250. The molecule has 0 fully saturated rings. The lowest BCUT2D eigenvalue weighted by Gasteiger charge is -2.30. The number of nitrogens with two attached hydrogens (primary N) is 1. The molecule has 2 aromatic carbocycles. The molecule has 0 aliphatic carbocycles. The van der Waals surface area contributed by atoms with E-state index in [1.807, 2.05) is 35.4 Å². The maximum atomic E-state index is 12.8. The molecule has 130 valence electrons. The van der Waals surface area contributed by atoms with Crippen molar-refractivity contribution in [2.24, 2.45) is 5.73 Å². The molecule has 0 radical (unpaired) electrons. The number of carbonyl (C=O) groups excluding carboxylic acids is 1. The molecule has 4 rings (SSSR count). The highest BCUT2D eigenvalue weighted by molar-refractivity contribution is 5.86. The molecule has 1 unspecified atom stereocenters. The Morgan fingerprint density at radius 3 is 2.68 bits per heavy atom. The number of hydrogen-bond donors (Lipinski definition) is 2. The minimum Gasteiger partial charge on any atom is -0.361 e. The Labute approximate surface area is 153 Å². The van der Waals surface area contributed by atoms with Crippen molar-refractivity contribution < 1.29 is 4.79 Å². The maximum absolute atomic E-state index is 12.8. The van der Waals surface area contributed by atoms with Crippen molar-refractivity contribution in [3.05, 3.63) is 71.4 Å². The minimum absolute atomic E-state index is 0. The minimum atomic E-state index is -0.505. The number of benzene rings is 2. The van der Waals surface area contributed by atoms with Crippen molar-refractivity contribution in [1.82, 2.24) is 9.88 Å². The van der Waals surface area contributed by atoms with Crippen LogP contribution in [0.15, 0.2) is 54.7 Å². The molecular formula is C20H22ClN3O. The maximum Gasteiger partial charge on any atom is 0.240 e. The highest BCUT2D eigenvalue weighted by atomic mass is 35.5. The number of fused-ring (bicyclic) bond motifs is 2. The predicted octanol–water partition coefficient (Wildman–Crippen LogP) is 3.04. The highest BCUT2D eigenvalue weighted by Gasteiger charge is 2.25. The molecule has 1 atom stereocenters. The molecular weight excluding hydrogens is 334 g/mol. The summed E-state index contributed by atoms with van der Waals surface area (Å²) in [5, 5.41) is 1.14. The molecule has 1 aromatic heterocycles. The summed E-state index contributed by atoms with van der Waals surface area (Å²) in [5.41, 5.74) is 11.0. The monoisotopic (exact) mass is 355 g/mol. The summed E-state index contributed by atoms with van der Waals surface area (Å²) in [5.74, 6) is 0.0368. The number of para-hydroxylation sites is 1. The first-order valence-electron chi connectivity index (χ1n) is 8.38. The van der Waals surface area contributed by atoms with E-state index in [9.17, 15) is 4.79 Å². The van der Waals surface area contributed by atoms with Gasteiger partial charge < -0.3 is 15.6 Å². The van der Waals surface area contributed by atoms with E-state index in [0.29, 0.717) is 13.0 Å². The number of aromatic amines is 1. The molecule has 0 saturated heterocycles. The molecule has 0 spiro atoms. The quantitative estimate of drug-likeness (QED) is 0.758. The van der Waals surface area contributed by atoms with Crippen molar-refractivity contribution >= 4 is 29.2 Å². The summed E-state index contributed by atoms with van der Waals surface area (Å²) in [6, 6.07) is 15.9. The van der Waals surface area contributed by atoms with Crippen LogP contribution in [0.5, 0.6) is 0 Å². The number of halogens is 1. The SMILES string of the molecule is Cl.NC(Cc1c[nH]c2ccccc12)C(=O)N1CCc2ccccc2C1. The Hall–Kier alpha value is -2.30. The predicted molar refractivity (Wildman–Crippen MR) is 103 cm³/mol. The average molecular weight is 356 g/mol. The normalized spacial score (nSPS) is 14.7. The van der Waals surface area contributed by atoms with Crippen LogP contribution in [0.1, 0.15) is 16.7 Å². The van der Waals surface area contributed by atoms with Crippen LogP contribution in [-0.2, 0) is 24.2 Å². The van der Waals surface area contributed by atoms with Gasteiger partial charge >= 0.3 is 0 Å². The van der Waals surface area contributed by atoms with Gasteiger partial charge in [0.05, 0.1) is 6.04 Å². The Bertz CT molecular complexity index is 889. The van der Waals surface area contributed by atoms with E-state index < -0.39 is 6.04 Å². The summed E-state index contributed by atoms with van der Waals surface area (Å²) < 4.78 is 0. The molecule has 3 aromatic rings. The van der Waals surface area contributed by atoms with Crippen LogP contribution < -0.4 is 5.73 Å². The van der Waals surface area contributed by atoms with Gasteiger partial charge in [0, 0.05) is 30.2 Å². The van der Waals surface area contributed by atoms with Crippen molar-refractivity contribution in [2.45, 2.75) is 25.4 Å². The van der Waals surface area contributed by atoms with Crippen LogP contribution in [0.25, 0.3) is 10.9 Å². The Morgan fingerprint density at radius 1 is 1.12 bits per heavy atom. The second-order valence-corrected chi connectivity index (χ2v) is 6.45. The van der Waals surface area contributed by atoms with Gasteiger partial charge in [-0.1, -0.05) is 42.5 Å². The number of H-pyrrole nitrogens is 1. The zero-order valence-electron chi connectivity index (χ0n) is 13.9. The zero-order chi connectivity index (χ0) is 16.5. The second-order valence-electron chi connectivity index (χ2n) is 6.45. The molecule has 5 heteroatoms. The van der Waals surface area contributed by atoms with Crippen LogP contribution in [-0.4, -0.2) is 28.4 Å². The van der Waals surface area contributed by atoms with Crippen LogP contribution in [0, 0.1) is 0 Å². The Kier molecular flexibility index (Phi) is 5.11. The number of hydrogen-bond acceptors (Lipinski definition) is 2. The van der Waals surface area contributed by atoms with E-state index >= 15 is 0 Å². The fourth-order valence-electron chi connectivity index (χ4n) is 3.54. The summed E-state index contributed by atoms with van der Waals surface area (Å²) in [7, 11) is 0. The van der Waals surface area contributed by atoms with E-state index in [1.165, 1.54) is 11.1 Å². The lowest BCUT2D eigenvalue weighted by atomic mass is 9.98. The van der Waals surface area contributed by atoms with Gasteiger partial charge in [-0.2, -0.15) is 0 Å². The van der Waals surface area contributed by atoms with Crippen molar-refractivity contribution in [3.63, 3.8) is 0 Å². The van der Waals surface area contributed by atoms with Crippen LogP contribution >= 0.6 is 12.4 Å². The lowest BCUT2D eigenvalue weighted by molar-refractivity contribution is -0.133. The van der Waals surface area contributed by atoms with E-state index in [1.54, 1.807) is 0 Å². The summed E-state index contributed by atoms with van der Waals surface area (Å²) in [6.45, 7) is 1.41. The summed E-state index contributed by atoms with van der Waals surface area (Å²) >= 11 is 0. The van der Waals surface area contributed by atoms with Crippen LogP contribution in [0.2, 0.25) is 0 Å². The number of nitrogens with zero attached hydrogens (tertiary/aromatic N) is 1. The first-order chi connectivity index (χ1) is 11.7. The highest BCUT2D eigenvalue weighted by Crippen LogP contribution is 2.21. The van der Waals surface area contributed by atoms with E-state index in [0.717, 1.165) is 29.4 Å². The van der Waals surface area contributed by atoms with Gasteiger partial charge in [0.25, 0.3) is 0 Å². The van der Waals surface area contributed by atoms with Crippen LogP contribution in [0.3, 0.4) is 0 Å². The Balaban J connectivity index is 0.00000182. The van der Waals surface area contributed by atoms with Crippen LogP contribution in [0.4, 0.5) is 0 Å². The molecule has 25 heavy (non-hydrogen) atoms. The van der Waals surface area contributed by atoms with Crippen molar-refractivity contribution in [1.29, 1.82) is 0 Å². The molecule has 0 saturated carbocycles. The smallest absolute Gasteiger partial charge is 0.240 e. The first-order valence-corrected chi connectivity index (χ1v) is 8.38. The molecule has 4 nitrogen and oxygen atoms in total. The topological polar surface area (TPSA) is 62.1 Å². The number of amides is 1. The molecule has 2 heterocycles. The van der Waals surface area contributed by atoms with Gasteiger partial charge in [-0.05, 0) is 35.6 Å². The third-order valence-corrected chi connectivity index (χ3v) is 4.87. The van der Waals surface area contributed by atoms with Gasteiger partial charge in [-0.25, -0.2) is 0 Å². The van der Waals surface area contributed by atoms with Crippen molar-refractivity contribution in [3.8, 4) is 0 Å². The van der Waals surface area contributed by atoms with E-state index in [2.05, 4.69) is 29.2 Å². The van der Waals surface area contributed by atoms with Gasteiger partial charge in [0.2, 0.25) is 5.91 Å². The standard InChI is InChI=1S/C20H21N3O.ClH/c21-18(11-16-12-22-19-8-4-3-7-17(16)19)20(24)23-10-9-14-5-1-2-6-15(14)13-23;/h1-8,12,18,22H,9-11,13,21H2;1H. The third kappa shape index (κ3) is 3.41. The molecule has 1 aliphatic heterocycles. The molecule has 1 amide bonds. The molecule has 3 N–H and O–H groups in total.